The summed E-state index contributed by atoms with van der Waals surface area (Å²) in [6.45, 7) is 11.4. The lowest BCUT2D eigenvalue weighted by Crippen LogP contribution is -2.48. The largest absolute Gasteiger partial charge is 0.464 e. The van der Waals surface area contributed by atoms with Crippen LogP contribution in [0.3, 0.4) is 0 Å². The molecule has 1 heterocycles. The molecule has 2 rings (SSSR count). The highest BCUT2D eigenvalue weighted by Gasteiger charge is 2.45. The highest BCUT2D eigenvalue weighted by molar-refractivity contribution is 6.74. The Kier molecular flexibility index (Phi) is 6.36. The first-order chi connectivity index (χ1) is 12.9. The van der Waals surface area contributed by atoms with E-state index >= 15 is 0 Å². The Morgan fingerprint density at radius 2 is 1.89 bits per heavy atom. The Labute approximate surface area is 164 Å². The lowest BCUT2D eigenvalue weighted by atomic mass is 10.0. The maximum atomic E-state index is 12.6. The number of ether oxygens (including phenoxy) is 3. The molecule has 1 aromatic carbocycles. The van der Waals surface area contributed by atoms with Gasteiger partial charge < -0.3 is 23.7 Å². The van der Waals surface area contributed by atoms with Crippen LogP contribution in [-0.4, -0.2) is 43.8 Å². The van der Waals surface area contributed by atoms with E-state index in [2.05, 4.69) is 0 Å². The Hall–Kier alpha value is -2.17. The van der Waals surface area contributed by atoms with E-state index in [4.69, 9.17) is 18.6 Å². The van der Waals surface area contributed by atoms with Crippen LogP contribution >= 0.6 is 0 Å². The van der Waals surface area contributed by atoms with Crippen molar-refractivity contribution in [2.24, 2.45) is 0 Å². The molecule has 0 spiro atoms. The number of aliphatic hydroxyl groups excluding tert-OH is 1. The van der Waals surface area contributed by atoms with E-state index in [0.717, 1.165) is 0 Å². The van der Waals surface area contributed by atoms with Gasteiger partial charge in [-0.25, -0.2) is 4.79 Å². The number of nitro benzene ring substituents is 1. The van der Waals surface area contributed by atoms with Crippen molar-refractivity contribution in [2.75, 3.05) is 13.4 Å². The number of nitro groups is 1. The van der Waals surface area contributed by atoms with Crippen molar-refractivity contribution in [1.82, 2.24) is 0 Å². The van der Waals surface area contributed by atoms with Crippen LogP contribution in [0.1, 0.15) is 39.4 Å². The topological polar surface area (TPSA) is 117 Å². The summed E-state index contributed by atoms with van der Waals surface area (Å²) < 4.78 is 21.6. The number of rotatable bonds is 7. The van der Waals surface area contributed by atoms with Crippen molar-refractivity contribution in [3.05, 3.63) is 27.8 Å². The lowest BCUT2D eigenvalue weighted by molar-refractivity contribution is -0.386. The van der Waals surface area contributed by atoms with Gasteiger partial charge in [0.15, 0.2) is 25.9 Å². The van der Waals surface area contributed by atoms with E-state index in [1.54, 1.807) is 6.92 Å². The van der Waals surface area contributed by atoms with E-state index in [9.17, 15) is 20.0 Å². The van der Waals surface area contributed by atoms with Gasteiger partial charge in [0.05, 0.1) is 23.2 Å². The standard InChI is InChI=1S/C18H27NO8Si/c1-7-24-17(21)16(27-28(5,6)18(2,3)4)15(20)11-8-13-14(26-10-25-13)9-12(11)19(22)23/h8-9,15-16,20H,7,10H2,1-6H3/t15-,16+/m0/s1. The molecule has 0 saturated carbocycles. The van der Waals surface area contributed by atoms with Gasteiger partial charge in [-0.3, -0.25) is 10.1 Å². The number of nitrogens with zero attached hydrogens (tertiary/aromatic N) is 1. The minimum Gasteiger partial charge on any atom is -0.464 e. The molecule has 10 heteroatoms. The summed E-state index contributed by atoms with van der Waals surface area (Å²) in [5.41, 5.74) is -0.476. The summed E-state index contributed by atoms with van der Waals surface area (Å²) in [6, 6.07) is 2.49. The van der Waals surface area contributed by atoms with Crippen molar-refractivity contribution in [3.63, 3.8) is 0 Å². The second kappa shape index (κ2) is 8.06. The molecule has 0 amide bonds. The molecule has 0 fully saturated rings. The minimum atomic E-state index is -2.51. The van der Waals surface area contributed by atoms with Crippen molar-refractivity contribution in [3.8, 4) is 11.5 Å². The van der Waals surface area contributed by atoms with Gasteiger partial charge in [0, 0.05) is 0 Å². The maximum Gasteiger partial charge on any atom is 0.337 e. The van der Waals surface area contributed by atoms with Gasteiger partial charge >= 0.3 is 5.97 Å². The lowest BCUT2D eigenvalue weighted by Gasteiger charge is -2.39. The predicted molar refractivity (Wildman–Crippen MR) is 103 cm³/mol. The highest BCUT2D eigenvalue weighted by Crippen LogP contribution is 2.43. The van der Waals surface area contributed by atoms with Crippen LogP contribution < -0.4 is 9.47 Å². The Balaban J connectivity index is 2.49. The van der Waals surface area contributed by atoms with E-state index in [-0.39, 0.29) is 41.2 Å². The van der Waals surface area contributed by atoms with E-state index in [0.29, 0.717) is 0 Å². The molecule has 9 nitrogen and oxygen atoms in total. The number of esters is 1. The normalized spacial score (nSPS) is 15.8. The fourth-order valence-corrected chi connectivity index (χ4v) is 3.68. The molecule has 1 aromatic rings. The second-order valence-corrected chi connectivity index (χ2v) is 12.8. The second-order valence-electron chi connectivity index (χ2n) is 8.02. The average Bonchev–Trinajstić information content (AvgIpc) is 3.04. The molecular formula is C18H27NO8Si. The molecule has 1 N–H and O–H groups in total. The molecule has 1 aliphatic heterocycles. The molecule has 156 valence electrons. The van der Waals surface area contributed by atoms with Crippen LogP contribution in [0, 0.1) is 10.1 Å². The van der Waals surface area contributed by atoms with Gasteiger partial charge in [0.2, 0.25) is 6.79 Å². The van der Waals surface area contributed by atoms with Gasteiger partial charge in [-0.05, 0) is 31.1 Å². The molecule has 0 radical (unpaired) electrons. The Morgan fingerprint density at radius 1 is 1.32 bits per heavy atom. The molecule has 0 bridgehead atoms. The average molecular weight is 413 g/mol. The maximum absolute atomic E-state index is 12.6. The van der Waals surface area contributed by atoms with Crippen molar-refractivity contribution >= 4 is 20.0 Å². The summed E-state index contributed by atoms with van der Waals surface area (Å²) in [6.07, 6.45) is -3.01. The molecular weight excluding hydrogens is 386 g/mol. The van der Waals surface area contributed by atoms with Crippen LogP contribution in [0.25, 0.3) is 0 Å². The molecule has 28 heavy (non-hydrogen) atoms. The number of hydrogen-bond donors (Lipinski definition) is 1. The van der Waals surface area contributed by atoms with Gasteiger partial charge in [0.25, 0.3) is 5.69 Å². The molecule has 0 saturated heterocycles. The molecule has 2 atom stereocenters. The van der Waals surface area contributed by atoms with Crippen LogP contribution in [0.5, 0.6) is 11.5 Å². The molecule has 0 aromatic heterocycles. The summed E-state index contributed by atoms with van der Waals surface area (Å²) >= 11 is 0. The first-order valence-corrected chi connectivity index (χ1v) is 11.9. The summed E-state index contributed by atoms with van der Waals surface area (Å²) in [4.78, 5) is 23.5. The highest BCUT2D eigenvalue weighted by atomic mass is 28.4. The Bertz CT molecular complexity index is 759. The summed E-state index contributed by atoms with van der Waals surface area (Å²) in [5, 5.41) is 22.2. The predicted octanol–water partition coefficient (Wildman–Crippen LogP) is 3.31. The fraction of sp³-hybridized carbons (Fsp3) is 0.611. The molecule has 0 aliphatic carbocycles. The monoisotopic (exact) mass is 413 g/mol. The zero-order valence-corrected chi connectivity index (χ0v) is 18.0. The zero-order chi connectivity index (χ0) is 21.3. The van der Waals surface area contributed by atoms with Gasteiger partial charge in [-0.2, -0.15) is 0 Å². The van der Waals surface area contributed by atoms with Crippen molar-refractivity contribution in [1.29, 1.82) is 0 Å². The van der Waals surface area contributed by atoms with Crippen LogP contribution in [-0.2, 0) is 14.0 Å². The van der Waals surface area contributed by atoms with Crippen molar-refractivity contribution < 1.29 is 33.5 Å². The van der Waals surface area contributed by atoms with Crippen LogP contribution in [0.15, 0.2) is 12.1 Å². The number of benzene rings is 1. The SMILES string of the molecule is CCOC(=O)[C@H](O[Si](C)(C)C(C)(C)C)[C@@H](O)c1cc2c(cc1[N+](=O)[O-])OCO2. The first kappa shape index (κ1) is 22.1. The number of aliphatic hydroxyl groups is 1. The number of carbonyl (C=O) groups excluding carboxylic acids is 1. The Morgan fingerprint density at radius 3 is 2.39 bits per heavy atom. The number of carbonyl (C=O) groups is 1. The van der Waals surface area contributed by atoms with Crippen molar-refractivity contribution in [2.45, 2.75) is 58.0 Å². The van der Waals surface area contributed by atoms with Gasteiger partial charge in [-0.15, -0.1) is 0 Å². The number of hydrogen-bond acceptors (Lipinski definition) is 8. The summed E-state index contributed by atoms with van der Waals surface area (Å²) in [5.74, 6) is -0.304. The van der Waals surface area contributed by atoms with E-state index in [1.165, 1.54) is 12.1 Å². The van der Waals surface area contributed by atoms with Gasteiger partial charge in [-0.1, -0.05) is 20.8 Å². The first-order valence-electron chi connectivity index (χ1n) is 8.99. The molecule has 1 aliphatic rings. The minimum absolute atomic E-state index is 0.0756. The molecule has 0 unspecified atom stereocenters. The zero-order valence-electron chi connectivity index (χ0n) is 17.0. The van der Waals surface area contributed by atoms with Gasteiger partial charge in [0.1, 0.15) is 6.10 Å². The fourth-order valence-electron chi connectivity index (χ4n) is 2.47. The quantitative estimate of drug-likeness (QED) is 0.313. The third-order valence-electron chi connectivity index (χ3n) is 5.07. The third-order valence-corrected chi connectivity index (χ3v) is 9.53. The third kappa shape index (κ3) is 4.45. The summed E-state index contributed by atoms with van der Waals surface area (Å²) in [7, 11) is -2.51. The van der Waals surface area contributed by atoms with E-state index < -0.39 is 31.4 Å². The van der Waals surface area contributed by atoms with Crippen LogP contribution in [0.4, 0.5) is 5.69 Å². The number of fused-ring (bicyclic) bond motifs is 1. The van der Waals surface area contributed by atoms with Crippen LogP contribution in [0.2, 0.25) is 18.1 Å². The van der Waals surface area contributed by atoms with E-state index in [1.807, 2.05) is 33.9 Å². The smallest absolute Gasteiger partial charge is 0.337 e.